The zero-order chi connectivity index (χ0) is 9.68. The molecule has 66 valence electrons. The molecule has 0 heterocycles. The molecule has 1 aromatic rings. The first-order chi connectivity index (χ1) is 6.24. The van der Waals surface area contributed by atoms with Gasteiger partial charge in [-0.25, -0.2) is 0 Å². The molecular weight excluding hydrogens is 184 g/mol. The quantitative estimate of drug-likeness (QED) is 0.731. The molecule has 0 saturated carbocycles. The highest BCUT2D eigenvalue weighted by Gasteiger charge is 1.97. The molecule has 0 saturated heterocycles. The number of nitrogens with zero attached hydrogens (tertiary/aromatic N) is 1. The Bertz CT molecular complexity index is 349. The second-order valence-corrected chi connectivity index (χ2v) is 2.92. The maximum atomic E-state index is 8.50. The van der Waals surface area contributed by atoms with E-state index in [1.165, 1.54) is 0 Å². The lowest BCUT2D eigenvalue weighted by molar-refractivity contribution is 1.36. The van der Waals surface area contributed by atoms with Crippen molar-refractivity contribution in [2.24, 2.45) is 0 Å². The summed E-state index contributed by atoms with van der Waals surface area (Å²) >= 11 is 5.62. The topological polar surface area (TPSA) is 35.8 Å². The van der Waals surface area contributed by atoms with E-state index in [4.69, 9.17) is 16.9 Å². The second-order valence-electron chi connectivity index (χ2n) is 2.54. The summed E-state index contributed by atoms with van der Waals surface area (Å²) in [5.41, 5.74) is 1.59. The summed E-state index contributed by atoms with van der Waals surface area (Å²) < 4.78 is 0. The molecule has 0 bridgehead atoms. The Hall–Kier alpha value is -1.46. The van der Waals surface area contributed by atoms with Crippen LogP contribution in [0.3, 0.4) is 0 Å². The van der Waals surface area contributed by atoms with Gasteiger partial charge in [-0.05, 0) is 19.1 Å². The molecule has 0 amide bonds. The lowest BCUT2D eigenvalue weighted by Gasteiger charge is -2.05. The Morgan fingerprint density at radius 1 is 1.38 bits per heavy atom. The minimum atomic E-state index is 0.184. The predicted octanol–water partition coefficient (Wildman–Crippen LogP) is 3.09. The predicted molar refractivity (Wildman–Crippen MR) is 54.2 cm³/mol. The van der Waals surface area contributed by atoms with Crippen LogP contribution in [0.1, 0.15) is 6.92 Å². The molecule has 2 nitrogen and oxygen atoms in total. The van der Waals surface area contributed by atoms with Crippen LogP contribution in [0.5, 0.6) is 0 Å². The molecule has 0 fully saturated rings. The average Bonchev–Trinajstić information content (AvgIpc) is 2.18. The van der Waals surface area contributed by atoms with Crippen molar-refractivity contribution in [1.29, 1.82) is 5.26 Å². The number of nitrogens with one attached hydrogen (secondary N) is 1. The minimum absolute atomic E-state index is 0.184. The highest BCUT2D eigenvalue weighted by Crippen LogP contribution is 2.13. The average molecular weight is 193 g/mol. The number of hydrogen-bond acceptors (Lipinski definition) is 2. The Morgan fingerprint density at radius 3 is 2.54 bits per heavy atom. The van der Waals surface area contributed by atoms with Gasteiger partial charge in [0.05, 0.1) is 0 Å². The zero-order valence-electron chi connectivity index (χ0n) is 7.21. The molecule has 0 atom stereocenters. The second kappa shape index (κ2) is 4.54. The standard InChI is InChI=1S/C10H9ClN2/c1-8(10(11)7-12)13-9-5-3-2-4-6-9/h2-6,13H,1H3/b10-8-. The van der Waals surface area contributed by atoms with Crippen LogP contribution >= 0.6 is 11.6 Å². The van der Waals surface area contributed by atoms with Crippen LogP contribution in [0, 0.1) is 11.3 Å². The molecule has 0 aliphatic heterocycles. The molecule has 0 radical (unpaired) electrons. The highest BCUT2D eigenvalue weighted by atomic mass is 35.5. The van der Waals surface area contributed by atoms with Gasteiger partial charge in [0.1, 0.15) is 11.1 Å². The summed E-state index contributed by atoms with van der Waals surface area (Å²) in [5, 5.41) is 11.7. The van der Waals surface area contributed by atoms with Crippen LogP contribution in [0.15, 0.2) is 41.1 Å². The third-order valence-electron chi connectivity index (χ3n) is 1.53. The van der Waals surface area contributed by atoms with Gasteiger partial charge in [0.2, 0.25) is 0 Å². The smallest absolute Gasteiger partial charge is 0.137 e. The monoisotopic (exact) mass is 192 g/mol. The third-order valence-corrected chi connectivity index (χ3v) is 1.90. The summed E-state index contributed by atoms with van der Waals surface area (Å²) in [6.07, 6.45) is 0. The van der Waals surface area contributed by atoms with Gasteiger partial charge in [0.25, 0.3) is 0 Å². The van der Waals surface area contributed by atoms with E-state index in [1.807, 2.05) is 36.4 Å². The van der Waals surface area contributed by atoms with Gasteiger partial charge in [0, 0.05) is 11.4 Å². The van der Waals surface area contributed by atoms with Crippen molar-refractivity contribution in [3.8, 4) is 6.07 Å². The zero-order valence-corrected chi connectivity index (χ0v) is 7.97. The SMILES string of the molecule is C/C(Nc1ccccc1)=C(/Cl)C#N. The lowest BCUT2D eigenvalue weighted by atomic mass is 10.3. The normalized spacial score (nSPS) is 11.5. The Kier molecular flexibility index (Phi) is 3.36. The first-order valence-electron chi connectivity index (χ1n) is 3.82. The summed E-state index contributed by atoms with van der Waals surface area (Å²) in [5.74, 6) is 0. The van der Waals surface area contributed by atoms with Gasteiger partial charge in [-0.3, -0.25) is 0 Å². The molecular formula is C10H9ClN2. The van der Waals surface area contributed by atoms with Gasteiger partial charge in [-0.15, -0.1) is 0 Å². The van der Waals surface area contributed by atoms with E-state index < -0.39 is 0 Å². The molecule has 1 rings (SSSR count). The van der Waals surface area contributed by atoms with Crippen LogP contribution in [-0.2, 0) is 0 Å². The van der Waals surface area contributed by atoms with Crippen LogP contribution in [0.25, 0.3) is 0 Å². The first kappa shape index (κ1) is 9.63. The van der Waals surface area contributed by atoms with Crippen molar-refractivity contribution < 1.29 is 0 Å². The number of benzene rings is 1. The van der Waals surface area contributed by atoms with Gasteiger partial charge >= 0.3 is 0 Å². The number of anilines is 1. The maximum absolute atomic E-state index is 8.50. The summed E-state index contributed by atoms with van der Waals surface area (Å²) in [6.45, 7) is 1.76. The van der Waals surface area contributed by atoms with E-state index in [1.54, 1.807) is 6.92 Å². The van der Waals surface area contributed by atoms with Crippen LogP contribution in [0.2, 0.25) is 0 Å². The summed E-state index contributed by atoms with van der Waals surface area (Å²) in [6, 6.07) is 11.4. The van der Waals surface area contributed by atoms with E-state index in [2.05, 4.69) is 5.32 Å². The fraction of sp³-hybridized carbons (Fsp3) is 0.100. The Morgan fingerprint density at radius 2 is 2.00 bits per heavy atom. The Labute approximate surface area is 82.4 Å². The molecule has 13 heavy (non-hydrogen) atoms. The van der Waals surface area contributed by atoms with Crippen LogP contribution < -0.4 is 5.32 Å². The number of halogens is 1. The lowest BCUT2D eigenvalue weighted by Crippen LogP contribution is -1.96. The number of nitriles is 1. The van der Waals surface area contributed by atoms with Crippen molar-refractivity contribution >= 4 is 17.3 Å². The van der Waals surface area contributed by atoms with Crippen molar-refractivity contribution in [1.82, 2.24) is 0 Å². The number of rotatable bonds is 2. The Balaban J connectivity index is 2.78. The van der Waals surface area contributed by atoms with Gasteiger partial charge < -0.3 is 5.32 Å². The summed E-state index contributed by atoms with van der Waals surface area (Å²) in [7, 11) is 0. The largest absolute Gasteiger partial charge is 0.357 e. The number of para-hydroxylation sites is 1. The van der Waals surface area contributed by atoms with Crippen LogP contribution in [0.4, 0.5) is 5.69 Å². The highest BCUT2D eigenvalue weighted by molar-refractivity contribution is 6.32. The number of hydrogen-bond donors (Lipinski definition) is 1. The minimum Gasteiger partial charge on any atom is -0.357 e. The molecule has 1 N–H and O–H groups in total. The summed E-state index contributed by atoms with van der Waals surface area (Å²) in [4.78, 5) is 0. The molecule has 0 aromatic heterocycles. The van der Waals surface area contributed by atoms with Gasteiger partial charge in [-0.2, -0.15) is 5.26 Å². The van der Waals surface area contributed by atoms with E-state index in [9.17, 15) is 0 Å². The van der Waals surface area contributed by atoms with E-state index in [-0.39, 0.29) is 5.03 Å². The molecule has 1 aromatic carbocycles. The molecule has 0 spiro atoms. The van der Waals surface area contributed by atoms with E-state index >= 15 is 0 Å². The number of allylic oxidation sites excluding steroid dienone is 2. The molecule has 0 aliphatic carbocycles. The fourth-order valence-electron chi connectivity index (χ4n) is 0.877. The first-order valence-corrected chi connectivity index (χ1v) is 4.20. The van der Waals surface area contributed by atoms with Crippen LogP contribution in [-0.4, -0.2) is 0 Å². The third kappa shape index (κ3) is 2.81. The van der Waals surface area contributed by atoms with Gasteiger partial charge in [0.15, 0.2) is 0 Å². The van der Waals surface area contributed by atoms with Crippen molar-refractivity contribution in [3.05, 3.63) is 41.1 Å². The maximum Gasteiger partial charge on any atom is 0.137 e. The molecule has 0 unspecified atom stereocenters. The van der Waals surface area contributed by atoms with Crippen molar-refractivity contribution in [2.75, 3.05) is 5.32 Å². The molecule has 0 aliphatic rings. The van der Waals surface area contributed by atoms with Crippen molar-refractivity contribution in [2.45, 2.75) is 6.92 Å². The molecule has 3 heteroatoms. The fourth-order valence-corrected chi connectivity index (χ4v) is 0.924. The van der Waals surface area contributed by atoms with E-state index in [0.29, 0.717) is 5.70 Å². The van der Waals surface area contributed by atoms with Gasteiger partial charge in [-0.1, -0.05) is 29.8 Å². The van der Waals surface area contributed by atoms with E-state index in [0.717, 1.165) is 5.69 Å². The van der Waals surface area contributed by atoms with Crippen molar-refractivity contribution in [3.63, 3.8) is 0 Å².